The maximum absolute atomic E-state index is 10.9. The SMILES string of the molecule is CC(=O)Nc1ccc(-c2nc(N)sc2N)cc1. The van der Waals surface area contributed by atoms with E-state index in [-0.39, 0.29) is 5.91 Å². The van der Waals surface area contributed by atoms with Crippen LogP contribution in [0.2, 0.25) is 0 Å². The monoisotopic (exact) mass is 248 g/mol. The molecular weight excluding hydrogens is 236 g/mol. The lowest BCUT2D eigenvalue weighted by atomic mass is 10.1. The molecule has 88 valence electrons. The van der Waals surface area contributed by atoms with Crippen molar-refractivity contribution in [3.05, 3.63) is 24.3 Å². The Balaban J connectivity index is 2.29. The molecule has 0 aliphatic heterocycles. The molecule has 2 aromatic rings. The molecule has 1 aromatic carbocycles. The third-order valence-corrected chi connectivity index (χ3v) is 2.86. The number of carbonyl (C=O) groups is 1. The first kappa shape index (κ1) is 11.4. The van der Waals surface area contributed by atoms with Crippen molar-refractivity contribution in [3.63, 3.8) is 0 Å². The average molecular weight is 248 g/mol. The number of amides is 1. The summed E-state index contributed by atoms with van der Waals surface area (Å²) in [4.78, 5) is 15.0. The fraction of sp³-hybridized carbons (Fsp3) is 0.0909. The van der Waals surface area contributed by atoms with Crippen LogP contribution in [0.1, 0.15) is 6.92 Å². The molecular formula is C11H12N4OS. The van der Waals surface area contributed by atoms with Crippen LogP contribution in [0.15, 0.2) is 24.3 Å². The molecule has 0 bridgehead atoms. The molecule has 0 atom stereocenters. The van der Waals surface area contributed by atoms with Gasteiger partial charge in [-0.05, 0) is 12.1 Å². The number of hydrogen-bond acceptors (Lipinski definition) is 5. The normalized spacial score (nSPS) is 10.2. The van der Waals surface area contributed by atoms with Gasteiger partial charge in [0.1, 0.15) is 10.7 Å². The third kappa shape index (κ3) is 2.54. The Hall–Kier alpha value is -2.08. The predicted octanol–water partition coefficient (Wildman–Crippen LogP) is 1.93. The lowest BCUT2D eigenvalue weighted by molar-refractivity contribution is -0.114. The molecule has 1 aromatic heterocycles. The standard InChI is InChI=1S/C11H12N4OS/c1-6(16)14-8-4-2-7(3-5-8)9-10(12)17-11(13)15-9/h2-5H,12H2,1H3,(H2,13,15)(H,14,16). The lowest BCUT2D eigenvalue weighted by Crippen LogP contribution is -2.05. The van der Waals surface area contributed by atoms with E-state index in [1.807, 2.05) is 12.1 Å². The van der Waals surface area contributed by atoms with Crippen LogP contribution in [0.4, 0.5) is 15.8 Å². The highest BCUT2D eigenvalue weighted by Crippen LogP contribution is 2.32. The van der Waals surface area contributed by atoms with Gasteiger partial charge in [0.15, 0.2) is 5.13 Å². The molecule has 0 unspecified atom stereocenters. The quantitative estimate of drug-likeness (QED) is 0.757. The second-order valence-electron chi connectivity index (χ2n) is 3.52. The van der Waals surface area contributed by atoms with Crippen LogP contribution >= 0.6 is 11.3 Å². The molecule has 1 heterocycles. The van der Waals surface area contributed by atoms with E-state index in [2.05, 4.69) is 10.3 Å². The fourth-order valence-electron chi connectivity index (χ4n) is 1.47. The summed E-state index contributed by atoms with van der Waals surface area (Å²) in [7, 11) is 0. The summed E-state index contributed by atoms with van der Waals surface area (Å²) in [6.45, 7) is 1.47. The van der Waals surface area contributed by atoms with Crippen molar-refractivity contribution in [2.75, 3.05) is 16.8 Å². The Labute approximate surface area is 102 Å². The molecule has 5 N–H and O–H groups in total. The van der Waals surface area contributed by atoms with Crippen LogP contribution < -0.4 is 16.8 Å². The summed E-state index contributed by atoms with van der Waals surface area (Å²) in [5.41, 5.74) is 13.7. The number of nitrogen functional groups attached to an aromatic ring is 2. The number of hydrogen-bond donors (Lipinski definition) is 3. The van der Waals surface area contributed by atoms with E-state index < -0.39 is 0 Å². The van der Waals surface area contributed by atoms with Gasteiger partial charge in [-0.3, -0.25) is 4.79 Å². The number of thiazole rings is 1. The number of anilines is 3. The number of rotatable bonds is 2. The number of carbonyl (C=O) groups excluding carboxylic acids is 1. The second kappa shape index (κ2) is 4.42. The van der Waals surface area contributed by atoms with Gasteiger partial charge in [0.2, 0.25) is 5.91 Å². The summed E-state index contributed by atoms with van der Waals surface area (Å²) < 4.78 is 0. The third-order valence-electron chi connectivity index (χ3n) is 2.15. The smallest absolute Gasteiger partial charge is 0.221 e. The first-order valence-electron chi connectivity index (χ1n) is 4.96. The summed E-state index contributed by atoms with van der Waals surface area (Å²) in [5, 5.41) is 3.73. The summed E-state index contributed by atoms with van der Waals surface area (Å²) in [6, 6.07) is 7.28. The Morgan fingerprint density at radius 1 is 1.29 bits per heavy atom. The Kier molecular flexibility index (Phi) is 2.97. The van der Waals surface area contributed by atoms with Crippen molar-refractivity contribution in [2.45, 2.75) is 6.92 Å². The molecule has 0 aliphatic rings. The van der Waals surface area contributed by atoms with Crippen molar-refractivity contribution in [1.82, 2.24) is 4.98 Å². The van der Waals surface area contributed by atoms with Crippen molar-refractivity contribution < 1.29 is 4.79 Å². The van der Waals surface area contributed by atoms with E-state index in [4.69, 9.17) is 11.5 Å². The van der Waals surface area contributed by atoms with E-state index in [1.54, 1.807) is 12.1 Å². The lowest BCUT2D eigenvalue weighted by Gasteiger charge is -2.03. The second-order valence-corrected chi connectivity index (χ2v) is 4.59. The van der Waals surface area contributed by atoms with Gasteiger partial charge in [-0.15, -0.1) is 0 Å². The first-order valence-corrected chi connectivity index (χ1v) is 5.77. The van der Waals surface area contributed by atoms with Crippen LogP contribution in [-0.2, 0) is 4.79 Å². The molecule has 0 fully saturated rings. The molecule has 0 saturated carbocycles. The molecule has 0 radical (unpaired) electrons. The first-order chi connectivity index (χ1) is 8.06. The highest BCUT2D eigenvalue weighted by molar-refractivity contribution is 7.19. The highest BCUT2D eigenvalue weighted by atomic mass is 32.1. The van der Waals surface area contributed by atoms with Gasteiger partial charge in [0.05, 0.1) is 0 Å². The molecule has 0 aliphatic carbocycles. The van der Waals surface area contributed by atoms with Gasteiger partial charge in [0, 0.05) is 18.2 Å². The molecule has 6 heteroatoms. The number of nitrogens with one attached hydrogen (secondary N) is 1. The van der Waals surface area contributed by atoms with Crippen molar-refractivity contribution in [1.29, 1.82) is 0 Å². The zero-order chi connectivity index (χ0) is 12.4. The van der Waals surface area contributed by atoms with Crippen LogP contribution in [0.5, 0.6) is 0 Å². The number of aromatic nitrogens is 1. The Morgan fingerprint density at radius 2 is 1.94 bits per heavy atom. The van der Waals surface area contributed by atoms with Gasteiger partial charge < -0.3 is 16.8 Å². The minimum atomic E-state index is -0.102. The minimum absolute atomic E-state index is 0.102. The number of nitrogens with zero attached hydrogens (tertiary/aromatic N) is 1. The average Bonchev–Trinajstić information content (AvgIpc) is 2.58. The van der Waals surface area contributed by atoms with E-state index in [9.17, 15) is 4.79 Å². The zero-order valence-electron chi connectivity index (χ0n) is 9.23. The molecule has 0 saturated heterocycles. The number of benzene rings is 1. The Morgan fingerprint density at radius 3 is 2.41 bits per heavy atom. The molecule has 5 nitrogen and oxygen atoms in total. The van der Waals surface area contributed by atoms with Crippen LogP contribution in [0, 0.1) is 0 Å². The van der Waals surface area contributed by atoms with Gasteiger partial charge in [-0.2, -0.15) is 0 Å². The van der Waals surface area contributed by atoms with E-state index in [0.29, 0.717) is 15.8 Å². The zero-order valence-corrected chi connectivity index (χ0v) is 10.0. The van der Waals surface area contributed by atoms with Gasteiger partial charge in [-0.25, -0.2) is 4.98 Å². The summed E-state index contributed by atoms with van der Waals surface area (Å²) in [6.07, 6.45) is 0. The highest BCUT2D eigenvalue weighted by Gasteiger charge is 2.08. The fourth-order valence-corrected chi connectivity index (χ4v) is 2.09. The van der Waals surface area contributed by atoms with Gasteiger partial charge >= 0.3 is 0 Å². The minimum Gasteiger partial charge on any atom is -0.389 e. The van der Waals surface area contributed by atoms with E-state index in [1.165, 1.54) is 18.3 Å². The van der Waals surface area contributed by atoms with Crippen LogP contribution in [-0.4, -0.2) is 10.9 Å². The predicted molar refractivity (Wildman–Crippen MR) is 70.7 cm³/mol. The maximum atomic E-state index is 10.9. The van der Waals surface area contributed by atoms with Crippen molar-refractivity contribution in [3.8, 4) is 11.3 Å². The topological polar surface area (TPSA) is 94.0 Å². The molecule has 1 amide bonds. The maximum Gasteiger partial charge on any atom is 0.221 e. The Bertz CT molecular complexity index is 547. The molecule has 17 heavy (non-hydrogen) atoms. The molecule has 2 rings (SSSR count). The van der Waals surface area contributed by atoms with Gasteiger partial charge in [-0.1, -0.05) is 23.5 Å². The van der Waals surface area contributed by atoms with Crippen LogP contribution in [0.3, 0.4) is 0 Å². The van der Waals surface area contributed by atoms with Crippen molar-refractivity contribution >= 4 is 33.1 Å². The van der Waals surface area contributed by atoms with Crippen LogP contribution in [0.25, 0.3) is 11.3 Å². The van der Waals surface area contributed by atoms with E-state index in [0.717, 1.165) is 11.3 Å². The van der Waals surface area contributed by atoms with E-state index >= 15 is 0 Å². The molecule has 0 spiro atoms. The van der Waals surface area contributed by atoms with Crippen molar-refractivity contribution in [2.24, 2.45) is 0 Å². The van der Waals surface area contributed by atoms with Gasteiger partial charge in [0.25, 0.3) is 0 Å². The summed E-state index contributed by atoms with van der Waals surface area (Å²) >= 11 is 1.25. The summed E-state index contributed by atoms with van der Waals surface area (Å²) in [5.74, 6) is -0.102. The largest absolute Gasteiger partial charge is 0.389 e. The number of nitrogens with two attached hydrogens (primary N) is 2.